The molecule has 1 aromatic heterocycles. The lowest BCUT2D eigenvalue weighted by Crippen LogP contribution is -2.41. The Morgan fingerprint density at radius 2 is 2.07 bits per heavy atom. The number of rotatable bonds is 7. The van der Waals surface area contributed by atoms with Gasteiger partial charge in [0.15, 0.2) is 14.8 Å². The third kappa shape index (κ3) is 4.85. The normalized spacial score (nSPS) is 16.6. The third-order valence-electron chi connectivity index (χ3n) is 4.43. The number of nitrogens with zero attached hydrogens (tertiary/aromatic N) is 2. The summed E-state index contributed by atoms with van der Waals surface area (Å²) in [4.78, 5) is 12.8. The van der Waals surface area contributed by atoms with Crippen molar-refractivity contribution in [2.45, 2.75) is 10.3 Å². The molecule has 152 valence electrons. The van der Waals surface area contributed by atoms with Crippen LogP contribution in [0.25, 0.3) is 0 Å². The molecule has 1 aliphatic rings. The van der Waals surface area contributed by atoms with Gasteiger partial charge in [-0.15, -0.1) is 0 Å². The van der Waals surface area contributed by atoms with E-state index in [9.17, 15) is 22.9 Å². The van der Waals surface area contributed by atoms with Crippen LogP contribution >= 0.6 is 11.3 Å². The van der Waals surface area contributed by atoms with Crippen LogP contribution in [0.15, 0.2) is 34.5 Å². The van der Waals surface area contributed by atoms with E-state index in [-0.39, 0.29) is 33.3 Å². The number of hydrogen-bond acceptors (Lipinski definition) is 8. The zero-order valence-corrected chi connectivity index (χ0v) is 16.8. The van der Waals surface area contributed by atoms with Crippen LogP contribution in [0.3, 0.4) is 0 Å². The number of nitro groups is 1. The minimum Gasteiger partial charge on any atom is -0.379 e. The fourth-order valence-corrected chi connectivity index (χ4v) is 5.00. The van der Waals surface area contributed by atoms with Crippen molar-refractivity contribution in [2.75, 3.05) is 44.4 Å². The highest BCUT2D eigenvalue weighted by atomic mass is 32.2. The lowest BCUT2D eigenvalue weighted by atomic mass is 10.0. The number of anilines is 1. The topological polar surface area (TPSA) is 102 Å². The van der Waals surface area contributed by atoms with Gasteiger partial charge in [-0.1, -0.05) is 23.5 Å². The Kier molecular flexibility index (Phi) is 6.28. The van der Waals surface area contributed by atoms with Crippen LogP contribution in [0.1, 0.15) is 11.6 Å². The van der Waals surface area contributed by atoms with Crippen molar-refractivity contribution in [1.29, 1.82) is 0 Å². The second-order valence-electron chi connectivity index (χ2n) is 6.41. The molecule has 0 amide bonds. The number of morpholine rings is 1. The zero-order chi connectivity index (χ0) is 20.3. The van der Waals surface area contributed by atoms with Gasteiger partial charge < -0.3 is 10.1 Å². The van der Waals surface area contributed by atoms with E-state index in [1.165, 1.54) is 12.1 Å². The van der Waals surface area contributed by atoms with Gasteiger partial charge in [-0.2, -0.15) is 0 Å². The minimum absolute atomic E-state index is 0.0737. The van der Waals surface area contributed by atoms with Crippen molar-refractivity contribution >= 4 is 31.9 Å². The Morgan fingerprint density at radius 1 is 1.36 bits per heavy atom. The molecule has 28 heavy (non-hydrogen) atoms. The number of ether oxygens (including phenoxy) is 1. The van der Waals surface area contributed by atoms with Crippen LogP contribution in [0.5, 0.6) is 0 Å². The first-order chi connectivity index (χ1) is 13.3. The molecule has 8 nitrogen and oxygen atoms in total. The summed E-state index contributed by atoms with van der Waals surface area (Å²) in [7, 11) is -3.56. The SMILES string of the molecule is CS(=O)(=O)c1cc([N+](=O)[O-])c(NCC(c2cccc(F)c2)N2CCOCC2)s1. The Labute approximate surface area is 166 Å². The van der Waals surface area contributed by atoms with Gasteiger partial charge in [0.1, 0.15) is 10.0 Å². The van der Waals surface area contributed by atoms with E-state index in [1.807, 2.05) is 0 Å². The van der Waals surface area contributed by atoms with Crippen molar-refractivity contribution in [2.24, 2.45) is 0 Å². The smallest absolute Gasteiger partial charge is 0.304 e. The molecule has 1 atom stereocenters. The van der Waals surface area contributed by atoms with E-state index in [0.717, 1.165) is 29.2 Å². The van der Waals surface area contributed by atoms with Gasteiger partial charge in [0.05, 0.1) is 24.2 Å². The number of halogens is 1. The summed E-state index contributed by atoms with van der Waals surface area (Å²) in [6.07, 6.45) is 1.01. The maximum atomic E-state index is 13.7. The maximum Gasteiger partial charge on any atom is 0.304 e. The van der Waals surface area contributed by atoms with Crippen LogP contribution in [0, 0.1) is 15.9 Å². The quantitative estimate of drug-likeness (QED) is 0.533. The molecule has 0 spiro atoms. The summed E-state index contributed by atoms with van der Waals surface area (Å²) in [6.45, 7) is 2.63. The molecule has 0 radical (unpaired) electrons. The van der Waals surface area contributed by atoms with Crippen LogP contribution in [-0.4, -0.2) is 57.3 Å². The molecule has 11 heteroatoms. The molecule has 1 aromatic carbocycles. The molecule has 0 bridgehead atoms. The van der Waals surface area contributed by atoms with Gasteiger partial charge in [-0.05, 0) is 17.7 Å². The largest absolute Gasteiger partial charge is 0.379 e. The predicted octanol–water partition coefficient (Wildman–Crippen LogP) is 2.68. The first kappa shape index (κ1) is 20.6. The van der Waals surface area contributed by atoms with Gasteiger partial charge in [0.25, 0.3) is 0 Å². The standard InChI is InChI=1S/C17H20FN3O5S2/c1-28(24,25)16-10-14(21(22)23)17(27-16)19-11-15(20-5-7-26-8-6-20)12-3-2-4-13(18)9-12/h2-4,9-10,15,19H,5-8,11H2,1H3. The molecular weight excluding hydrogens is 409 g/mol. The van der Waals surface area contributed by atoms with Crippen molar-refractivity contribution in [3.05, 3.63) is 51.8 Å². The van der Waals surface area contributed by atoms with E-state index in [4.69, 9.17) is 4.74 Å². The van der Waals surface area contributed by atoms with Crippen LogP contribution in [0.4, 0.5) is 15.1 Å². The van der Waals surface area contributed by atoms with E-state index < -0.39 is 14.8 Å². The third-order valence-corrected chi connectivity index (χ3v) is 7.31. The molecule has 0 aliphatic carbocycles. The molecule has 1 fully saturated rings. The van der Waals surface area contributed by atoms with Gasteiger partial charge in [0, 0.05) is 32.0 Å². The Morgan fingerprint density at radius 3 is 2.68 bits per heavy atom. The number of nitrogens with one attached hydrogen (secondary N) is 1. The second kappa shape index (κ2) is 8.52. The van der Waals surface area contributed by atoms with Crippen molar-refractivity contribution in [1.82, 2.24) is 4.90 Å². The second-order valence-corrected chi connectivity index (χ2v) is 9.70. The van der Waals surface area contributed by atoms with E-state index >= 15 is 0 Å². The molecule has 3 rings (SSSR count). The summed E-state index contributed by atoms with van der Waals surface area (Å²) in [6, 6.07) is 7.03. The summed E-state index contributed by atoms with van der Waals surface area (Å²) in [5, 5.41) is 14.5. The van der Waals surface area contributed by atoms with Gasteiger partial charge >= 0.3 is 5.69 Å². The average molecular weight is 429 g/mol. The predicted molar refractivity (Wildman–Crippen MR) is 104 cm³/mol. The molecule has 1 N–H and O–H groups in total. The fraction of sp³-hybridized carbons (Fsp3) is 0.412. The van der Waals surface area contributed by atoms with Gasteiger partial charge in [-0.3, -0.25) is 15.0 Å². The minimum atomic E-state index is -3.56. The Hall–Kier alpha value is -2.08. The number of benzene rings is 1. The molecule has 2 heterocycles. The summed E-state index contributed by atoms with van der Waals surface area (Å²) >= 11 is 0.824. The number of thiophene rings is 1. The highest BCUT2D eigenvalue weighted by Crippen LogP contribution is 2.37. The summed E-state index contributed by atoms with van der Waals surface area (Å²) in [5.41, 5.74) is 0.447. The highest BCUT2D eigenvalue weighted by molar-refractivity contribution is 7.92. The maximum absolute atomic E-state index is 13.7. The van der Waals surface area contributed by atoms with Crippen LogP contribution in [0.2, 0.25) is 0 Å². The van der Waals surface area contributed by atoms with E-state index in [1.54, 1.807) is 12.1 Å². The zero-order valence-electron chi connectivity index (χ0n) is 15.1. The first-order valence-corrected chi connectivity index (χ1v) is 11.3. The van der Waals surface area contributed by atoms with Crippen molar-refractivity contribution in [3.8, 4) is 0 Å². The molecular formula is C17H20FN3O5S2. The van der Waals surface area contributed by atoms with Crippen molar-refractivity contribution in [3.63, 3.8) is 0 Å². The number of hydrogen-bond donors (Lipinski definition) is 1. The molecule has 1 saturated heterocycles. The van der Waals surface area contributed by atoms with Crippen LogP contribution in [-0.2, 0) is 14.6 Å². The Balaban J connectivity index is 1.87. The molecule has 1 aliphatic heterocycles. The summed E-state index contributed by atoms with van der Waals surface area (Å²) in [5.74, 6) is -0.364. The lowest BCUT2D eigenvalue weighted by molar-refractivity contribution is -0.383. The van der Waals surface area contributed by atoms with E-state index in [0.29, 0.717) is 26.3 Å². The average Bonchev–Trinajstić information content (AvgIpc) is 3.08. The monoisotopic (exact) mass is 429 g/mol. The Bertz CT molecular complexity index is 957. The molecule has 2 aromatic rings. The summed E-state index contributed by atoms with van der Waals surface area (Å²) < 4.78 is 42.6. The van der Waals surface area contributed by atoms with Crippen LogP contribution < -0.4 is 5.32 Å². The van der Waals surface area contributed by atoms with E-state index in [2.05, 4.69) is 10.2 Å². The fourth-order valence-electron chi connectivity index (χ4n) is 3.05. The van der Waals surface area contributed by atoms with Gasteiger partial charge in [-0.25, -0.2) is 12.8 Å². The first-order valence-electron chi connectivity index (χ1n) is 8.55. The van der Waals surface area contributed by atoms with Crippen molar-refractivity contribution < 1.29 is 22.5 Å². The number of sulfone groups is 1. The lowest BCUT2D eigenvalue weighted by Gasteiger charge is -2.35. The molecule has 0 saturated carbocycles. The highest BCUT2D eigenvalue weighted by Gasteiger charge is 2.27. The molecule has 1 unspecified atom stereocenters. The van der Waals surface area contributed by atoms with Gasteiger partial charge in [0.2, 0.25) is 0 Å².